The van der Waals surface area contributed by atoms with Crippen LogP contribution in [0.4, 0.5) is 4.79 Å². The number of alkyl carbamates (subject to hydrolysis) is 1. The van der Waals surface area contributed by atoms with Crippen LogP contribution in [0.3, 0.4) is 0 Å². The fraction of sp³-hybridized carbons (Fsp3) is 0.423. The molecule has 0 bridgehead atoms. The zero-order valence-electron chi connectivity index (χ0n) is 18.4. The van der Waals surface area contributed by atoms with Crippen molar-refractivity contribution in [3.05, 3.63) is 59.7 Å². The lowest BCUT2D eigenvalue weighted by atomic mass is 9.98. The third kappa shape index (κ3) is 4.32. The van der Waals surface area contributed by atoms with E-state index in [1.54, 1.807) is 0 Å². The number of hydrogen-bond donors (Lipinski definition) is 2. The van der Waals surface area contributed by atoms with Gasteiger partial charge in [0.2, 0.25) is 5.91 Å². The quantitative estimate of drug-likeness (QED) is 0.672. The van der Waals surface area contributed by atoms with Gasteiger partial charge in [0.1, 0.15) is 18.7 Å². The number of nitrogens with zero attached hydrogens (tertiary/aromatic N) is 1. The molecule has 0 aromatic heterocycles. The van der Waals surface area contributed by atoms with Crippen molar-refractivity contribution < 1.29 is 24.2 Å². The first-order valence-corrected chi connectivity index (χ1v) is 11.7. The van der Waals surface area contributed by atoms with Gasteiger partial charge in [-0.2, -0.15) is 0 Å². The average molecular weight is 449 g/mol. The Morgan fingerprint density at radius 2 is 1.64 bits per heavy atom. The van der Waals surface area contributed by atoms with Gasteiger partial charge >= 0.3 is 12.1 Å². The van der Waals surface area contributed by atoms with Crippen molar-refractivity contribution in [3.63, 3.8) is 0 Å². The van der Waals surface area contributed by atoms with E-state index in [1.807, 2.05) is 24.3 Å². The molecular formula is C26H28N2O5. The van der Waals surface area contributed by atoms with Gasteiger partial charge in [-0.1, -0.05) is 61.4 Å². The second-order valence-electron chi connectivity index (χ2n) is 9.23. The predicted molar refractivity (Wildman–Crippen MR) is 122 cm³/mol. The normalized spacial score (nSPS) is 20.1. The Morgan fingerprint density at radius 1 is 1.00 bits per heavy atom. The van der Waals surface area contributed by atoms with E-state index >= 15 is 0 Å². The Morgan fingerprint density at radius 3 is 2.24 bits per heavy atom. The van der Waals surface area contributed by atoms with E-state index in [1.165, 1.54) is 4.90 Å². The summed E-state index contributed by atoms with van der Waals surface area (Å²) in [6.45, 7) is 0.578. The van der Waals surface area contributed by atoms with E-state index in [0.29, 0.717) is 31.7 Å². The van der Waals surface area contributed by atoms with Crippen molar-refractivity contribution in [2.45, 2.75) is 50.1 Å². The van der Waals surface area contributed by atoms with Gasteiger partial charge < -0.3 is 20.1 Å². The van der Waals surface area contributed by atoms with E-state index in [0.717, 1.165) is 35.1 Å². The molecule has 7 nitrogen and oxygen atoms in total. The number of hydrogen-bond acceptors (Lipinski definition) is 4. The molecule has 5 rings (SSSR count). The number of carbonyl (C=O) groups excluding carboxylic acids is 2. The Hall–Kier alpha value is -3.35. The molecule has 33 heavy (non-hydrogen) atoms. The van der Waals surface area contributed by atoms with Crippen LogP contribution in [-0.4, -0.2) is 53.2 Å². The molecule has 172 valence electrons. The van der Waals surface area contributed by atoms with Gasteiger partial charge in [0.15, 0.2) is 0 Å². The third-order valence-corrected chi connectivity index (χ3v) is 7.02. The molecule has 2 fully saturated rings. The number of nitrogens with one attached hydrogen (secondary N) is 1. The first-order valence-electron chi connectivity index (χ1n) is 11.7. The summed E-state index contributed by atoms with van der Waals surface area (Å²) in [7, 11) is 0. The Labute approximate surface area is 192 Å². The number of aliphatic carboxylic acids is 1. The number of ether oxygens (including phenoxy) is 1. The van der Waals surface area contributed by atoms with Gasteiger partial charge in [0, 0.05) is 12.5 Å². The van der Waals surface area contributed by atoms with Crippen LogP contribution in [0.5, 0.6) is 0 Å². The molecule has 2 aliphatic carbocycles. The van der Waals surface area contributed by atoms with E-state index in [2.05, 4.69) is 29.6 Å². The molecule has 2 atom stereocenters. The molecule has 2 N–H and O–H groups in total. The summed E-state index contributed by atoms with van der Waals surface area (Å²) in [5.41, 5.74) is 4.55. The lowest BCUT2D eigenvalue weighted by Gasteiger charge is -2.27. The summed E-state index contributed by atoms with van der Waals surface area (Å²) < 4.78 is 5.62. The summed E-state index contributed by atoms with van der Waals surface area (Å²) in [6.07, 6.45) is 3.04. The highest BCUT2D eigenvalue weighted by Crippen LogP contribution is 2.44. The summed E-state index contributed by atoms with van der Waals surface area (Å²) in [6, 6.07) is 14.7. The Kier molecular flexibility index (Phi) is 5.79. The number of carbonyl (C=O) groups is 3. The van der Waals surface area contributed by atoms with Crippen molar-refractivity contribution in [3.8, 4) is 11.1 Å². The minimum absolute atomic E-state index is 0.0595. The molecule has 1 unspecified atom stereocenters. The molecule has 2 amide bonds. The van der Waals surface area contributed by atoms with Crippen molar-refractivity contribution >= 4 is 18.0 Å². The van der Waals surface area contributed by atoms with Crippen molar-refractivity contribution in [2.24, 2.45) is 5.92 Å². The monoisotopic (exact) mass is 448 g/mol. The van der Waals surface area contributed by atoms with Gasteiger partial charge in [-0.05, 0) is 47.4 Å². The van der Waals surface area contributed by atoms with Crippen LogP contribution in [0.1, 0.15) is 49.1 Å². The molecule has 0 radical (unpaired) electrons. The Bertz CT molecular complexity index is 1030. The topological polar surface area (TPSA) is 95.9 Å². The fourth-order valence-electron chi connectivity index (χ4n) is 5.18. The summed E-state index contributed by atoms with van der Waals surface area (Å²) in [5.74, 6) is -0.984. The highest BCUT2D eigenvalue weighted by molar-refractivity contribution is 5.90. The molecule has 7 heteroatoms. The van der Waals surface area contributed by atoms with Crippen LogP contribution in [0, 0.1) is 5.92 Å². The van der Waals surface area contributed by atoms with Gasteiger partial charge in [0.05, 0.1) is 0 Å². The smallest absolute Gasteiger partial charge is 0.407 e. The van der Waals surface area contributed by atoms with Crippen LogP contribution in [-0.2, 0) is 14.3 Å². The minimum Gasteiger partial charge on any atom is -0.480 e. The van der Waals surface area contributed by atoms with E-state index < -0.39 is 24.1 Å². The fourth-order valence-corrected chi connectivity index (χ4v) is 5.18. The number of benzene rings is 2. The number of carboxylic acids is 1. The van der Waals surface area contributed by atoms with E-state index in [9.17, 15) is 19.5 Å². The van der Waals surface area contributed by atoms with Crippen molar-refractivity contribution in [2.75, 3.05) is 13.2 Å². The van der Waals surface area contributed by atoms with Crippen molar-refractivity contribution in [1.29, 1.82) is 0 Å². The number of fused-ring (bicyclic) bond motifs is 3. The summed E-state index contributed by atoms with van der Waals surface area (Å²) in [5, 5.41) is 12.2. The van der Waals surface area contributed by atoms with Gasteiger partial charge in [0.25, 0.3) is 0 Å². The number of amides is 2. The van der Waals surface area contributed by atoms with Crippen molar-refractivity contribution in [1.82, 2.24) is 10.2 Å². The zero-order valence-corrected chi connectivity index (χ0v) is 18.4. The maximum Gasteiger partial charge on any atom is 0.407 e. The number of likely N-dealkylation sites (tertiary alicyclic amines) is 1. The van der Waals surface area contributed by atoms with Crippen LogP contribution in [0.25, 0.3) is 11.1 Å². The molecule has 1 aliphatic heterocycles. The highest BCUT2D eigenvalue weighted by Gasteiger charge is 2.40. The van der Waals surface area contributed by atoms with Crippen LogP contribution < -0.4 is 5.32 Å². The Balaban J connectivity index is 1.26. The predicted octanol–water partition coefficient (Wildman–Crippen LogP) is 3.77. The SMILES string of the molecule is O=C(NC(CC1CC1)C(=O)N1CCC[C@@H]1C(=O)O)OCC1c2ccccc2-c2ccccc21. The summed E-state index contributed by atoms with van der Waals surface area (Å²) in [4.78, 5) is 38.8. The maximum absolute atomic E-state index is 13.1. The maximum atomic E-state index is 13.1. The molecular weight excluding hydrogens is 420 g/mol. The molecule has 0 spiro atoms. The van der Waals surface area contributed by atoms with Crippen LogP contribution >= 0.6 is 0 Å². The average Bonchev–Trinajstić information content (AvgIpc) is 3.39. The second kappa shape index (κ2) is 8.89. The first kappa shape index (κ1) is 21.5. The number of carboxylic acid groups (broad SMARTS) is 1. The van der Waals surface area contributed by atoms with E-state index in [4.69, 9.17) is 4.74 Å². The molecule has 2 aromatic rings. The second-order valence-corrected chi connectivity index (χ2v) is 9.23. The van der Waals surface area contributed by atoms with E-state index in [-0.39, 0.29) is 18.4 Å². The molecule has 1 saturated carbocycles. The third-order valence-electron chi connectivity index (χ3n) is 7.02. The van der Waals surface area contributed by atoms with Crippen LogP contribution in [0.15, 0.2) is 48.5 Å². The largest absolute Gasteiger partial charge is 0.480 e. The lowest BCUT2D eigenvalue weighted by Crippen LogP contribution is -2.52. The number of rotatable bonds is 7. The molecule has 1 saturated heterocycles. The van der Waals surface area contributed by atoms with Gasteiger partial charge in [-0.25, -0.2) is 9.59 Å². The molecule has 3 aliphatic rings. The highest BCUT2D eigenvalue weighted by atomic mass is 16.5. The lowest BCUT2D eigenvalue weighted by molar-refractivity contribution is -0.149. The molecule has 1 heterocycles. The standard InChI is InChI=1S/C26H28N2O5/c29-24(28-13-5-10-23(28)25(30)31)22(14-16-11-12-16)27-26(32)33-15-21-19-8-3-1-6-17(19)18-7-2-4-9-20(18)21/h1-4,6-9,16,21-23H,5,10-15H2,(H,27,32)(H,30,31)/t22?,23-/m1/s1. The minimum atomic E-state index is -0.993. The van der Waals surface area contributed by atoms with Gasteiger partial charge in [-0.15, -0.1) is 0 Å². The first-order chi connectivity index (χ1) is 16.0. The zero-order chi connectivity index (χ0) is 22.9. The van der Waals surface area contributed by atoms with Crippen LogP contribution in [0.2, 0.25) is 0 Å². The van der Waals surface area contributed by atoms with Gasteiger partial charge in [-0.3, -0.25) is 4.79 Å². The molecule has 2 aromatic carbocycles. The summed E-state index contributed by atoms with van der Waals surface area (Å²) >= 11 is 0.